The van der Waals surface area contributed by atoms with E-state index < -0.39 is 5.97 Å². The second-order valence-corrected chi connectivity index (χ2v) is 5.92. The Labute approximate surface area is 116 Å². The number of carboxylic acids is 1. The smallest absolute Gasteiger partial charge is 0.341 e. The van der Waals surface area contributed by atoms with E-state index in [9.17, 15) is 9.90 Å². The lowest BCUT2D eigenvalue weighted by Crippen LogP contribution is -2.19. The SMILES string of the molecule is Cc1onc(C2CC=CC3=C2OC(C)(C)C3)c1C(=O)O. The Morgan fingerprint density at radius 3 is 2.95 bits per heavy atom. The molecule has 1 aromatic heterocycles. The van der Waals surface area contributed by atoms with E-state index in [-0.39, 0.29) is 17.1 Å². The van der Waals surface area contributed by atoms with Crippen molar-refractivity contribution in [2.24, 2.45) is 0 Å². The molecule has 3 rings (SSSR count). The minimum atomic E-state index is -1.01. The van der Waals surface area contributed by atoms with Gasteiger partial charge in [0, 0.05) is 6.42 Å². The Balaban J connectivity index is 2.04. The van der Waals surface area contributed by atoms with E-state index in [4.69, 9.17) is 9.26 Å². The molecule has 1 aliphatic heterocycles. The van der Waals surface area contributed by atoms with Gasteiger partial charge in [-0.25, -0.2) is 4.79 Å². The van der Waals surface area contributed by atoms with Gasteiger partial charge < -0.3 is 14.4 Å². The van der Waals surface area contributed by atoms with Crippen LogP contribution in [0.15, 0.2) is 28.0 Å². The van der Waals surface area contributed by atoms with Crippen LogP contribution in [0.25, 0.3) is 0 Å². The van der Waals surface area contributed by atoms with Crippen molar-refractivity contribution in [1.29, 1.82) is 0 Å². The summed E-state index contributed by atoms with van der Waals surface area (Å²) in [7, 11) is 0. The van der Waals surface area contributed by atoms with Crippen molar-refractivity contribution < 1.29 is 19.2 Å². The molecule has 0 amide bonds. The highest BCUT2D eigenvalue weighted by atomic mass is 16.5. The molecule has 1 N–H and O–H groups in total. The van der Waals surface area contributed by atoms with Gasteiger partial charge in [-0.3, -0.25) is 0 Å². The summed E-state index contributed by atoms with van der Waals surface area (Å²) in [5.41, 5.74) is 1.50. The molecule has 0 bridgehead atoms. The monoisotopic (exact) mass is 275 g/mol. The molecule has 0 radical (unpaired) electrons. The molecule has 20 heavy (non-hydrogen) atoms. The van der Waals surface area contributed by atoms with Gasteiger partial charge in [0.1, 0.15) is 28.4 Å². The van der Waals surface area contributed by atoms with Crippen LogP contribution < -0.4 is 0 Å². The Morgan fingerprint density at radius 1 is 1.50 bits per heavy atom. The van der Waals surface area contributed by atoms with Crippen LogP contribution in [0.3, 0.4) is 0 Å². The third-order valence-electron chi connectivity index (χ3n) is 3.76. The van der Waals surface area contributed by atoms with Gasteiger partial charge in [-0.1, -0.05) is 17.3 Å². The maximum Gasteiger partial charge on any atom is 0.341 e. The van der Waals surface area contributed by atoms with Crippen molar-refractivity contribution in [3.05, 3.63) is 40.5 Å². The van der Waals surface area contributed by atoms with Crippen molar-refractivity contribution in [3.8, 4) is 0 Å². The summed E-state index contributed by atoms with van der Waals surface area (Å²) in [6.07, 6.45) is 5.62. The Hall–Kier alpha value is -2.04. The van der Waals surface area contributed by atoms with Gasteiger partial charge in [0.2, 0.25) is 0 Å². The number of carboxylic acid groups (broad SMARTS) is 1. The average molecular weight is 275 g/mol. The number of nitrogens with zero attached hydrogens (tertiary/aromatic N) is 1. The van der Waals surface area contributed by atoms with Crippen LogP contribution in [0.1, 0.15) is 54.4 Å². The van der Waals surface area contributed by atoms with Crippen LogP contribution in [0.5, 0.6) is 0 Å². The van der Waals surface area contributed by atoms with Gasteiger partial charge in [-0.15, -0.1) is 0 Å². The molecule has 0 spiro atoms. The summed E-state index contributed by atoms with van der Waals surface area (Å²) in [6.45, 7) is 5.68. The number of hydrogen-bond donors (Lipinski definition) is 1. The number of ether oxygens (including phenoxy) is 1. The molecule has 0 fully saturated rings. The normalized spacial score (nSPS) is 23.6. The second kappa shape index (κ2) is 4.23. The van der Waals surface area contributed by atoms with E-state index in [1.165, 1.54) is 0 Å². The molecule has 1 aromatic rings. The van der Waals surface area contributed by atoms with E-state index in [0.29, 0.717) is 17.9 Å². The van der Waals surface area contributed by atoms with Crippen molar-refractivity contribution >= 4 is 5.97 Å². The van der Waals surface area contributed by atoms with Gasteiger partial charge in [0.25, 0.3) is 0 Å². The zero-order valence-electron chi connectivity index (χ0n) is 11.8. The molecule has 1 aliphatic carbocycles. The predicted molar refractivity (Wildman–Crippen MR) is 71.5 cm³/mol. The summed E-state index contributed by atoms with van der Waals surface area (Å²) >= 11 is 0. The molecule has 0 aromatic carbocycles. The Morgan fingerprint density at radius 2 is 2.25 bits per heavy atom. The number of hydrogen-bond acceptors (Lipinski definition) is 4. The highest BCUT2D eigenvalue weighted by Gasteiger charge is 2.39. The number of carbonyl (C=O) groups is 1. The summed E-state index contributed by atoms with van der Waals surface area (Å²) in [5.74, 6) is 0.00259. The first-order valence-electron chi connectivity index (χ1n) is 6.67. The Kier molecular flexibility index (Phi) is 2.74. The molecular weight excluding hydrogens is 258 g/mol. The number of aromatic carboxylic acids is 1. The first-order valence-corrected chi connectivity index (χ1v) is 6.67. The van der Waals surface area contributed by atoms with E-state index in [0.717, 1.165) is 17.8 Å². The maximum atomic E-state index is 11.4. The second-order valence-electron chi connectivity index (χ2n) is 5.92. The lowest BCUT2D eigenvalue weighted by Gasteiger charge is -2.23. The lowest BCUT2D eigenvalue weighted by atomic mass is 9.88. The quantitative estimate of drug-likeness (QED) is 0.897. The van der Waals surface area contributed by atoms with E-state index in [2.05, 4.69) is 11.2 Å². The molecule has 1 unspecified atom stereocenters. The largest absolute Gasteiger partial charge is 0.491 e. The molecule has 0 saturated carbocycles. The maximum absolute atomic E-state index is 11.4. The fraction of sp³-hybridized carbons (Fsp3) is 0.467. The van der Waals surface area contributed by atoms with Crippen LogP contribution in [0, 0.1) is 6.92 Å². The molecular formula is C15H17NO4. The van der Waals surface area contributed by atoms with Crippen LogP contribution in [-0.2, 0) is 4.74 Å². The number of aryl methyl sites for hydroxylation is 1. The van der Waals surface area contributed by atoms with E-state index in [1.54, 1.807) is 6.92 Å². The highest BCUT2D eigenvalue weighted by molar-refractivity contribution is 5.90. The summed E-state index contributed by atoms with van der Waals surface area (Å²) in [4.78, 5) is 11.4. The molecule has 0 saturated heterocycles. The zero-order chi connectivity index (χ0) is 14.5. The molecule has 2 aliphatic rings. The van der Waals surface area contributed by atoms with Crippen LogP contribution in [-0.4, -0.2) is 21.8 Å². The van der Waals surface area contributed by atoms with Crippen LogP contribution >= 0.6 is 0 Å². The first kappa shape index (κ1) is 13.0. The van der Waals surface area contributed by atoms with E-state index >= 15 is 0 Å². The fourth-order valence-electron chi connectivity index (χ4n) is 2.96. The zero-order valence-corrected chi connectivity index (χ0v) is 11.8. The van der Waals surface area contributed by atoms with Crippen LogP contribution in [0.2, 0.25) is 0 Å². The van der Waals surface area contributed by atoms with Gasteiger partial charge in [0.05, 0.1) is 5.92 Å². The van der Waals surface area contributed by atoms with Gasteiger partial charge >= 0.3 is 5.97 Å². The van der Waals surface area contributed by atoms with Gasteiger partial charge in [-0.05, 0) is 32.8 Å². The van der Waals surface area contributed by atoms with E-state index in [1.807, 2.05) is 19.9 Å². The van der Waals surface area contributed by atoms with Gasteiger partial charge in [-0.2, -0.15) is 0 Å². The Bertz CT molecular complexity index is 636. The van der Waals surface area contributed by atoms with Crippen molar-refractivity contribution in [2.75, 3.05) is 0 Å². The topological polar surface area (TPSA) is 72.6 Å². The summed E-state index contributed by atoms with van der Waals surface area (Å²) in [5, 5.41) is 13.3. The average Bonchev–Trinajstić information content (AvgIpc) is 2.86. The van der Waals surface area contributed by atoms with Gasteiger partial charge in [0.15, 0.2) is 0 Å². The molecule has 106 valence electrons. The first-order chi connectivity index (χ1) is 9.39. The van der Waals surface area contributed by atoms with Crippen molar-refractivity contribution in [3.63, 3.8) is 0 Å². The fourth-order valence-corrected chi connectivity index (χ4v) is 2.96. The summed E-state index contributed by atoms with van der Waals surface area (Å²) < 4.78 is 11.1. The highest BCUT2D eigenvalue weighted by Crippen LogP contribution is 2.45. The molecule has 2 heterocycles. The van der Waals surface area contributed by atoms with Crippen molar-refractivity contribution in [1.82, 2.24) is 5.16 Å². The predicted octanol–water partition coefficient (Wildman–Crippen LogP) is 3.18. The number of aromatic nitrogens is 1. The molecule has 5 nitrogen and oxygen atoms in total. The van der Waals surface area contributed by atoms with Crippen molar-refractivity contribution in [2.45, 2.75) is 45.1 Å². The van der Waals surface area contributed by atoms with Crippen LogP contribution in [0.4, 0.5) is 0 Å². The lowest BCUT2D eigenvalue weighted by molar-refractivity contribution is 0.0518. The molecule has 1 atom stereocenters. The number of rotatable bonds is 2. The third kappa shape index (κ3) is 1.94. The third-order valence-corrected chi connectivity index (χ3v) is 3.76. The summed E-state index contributed by atoms with van der Waals surface area (Å²) in [6, 6.07) is 0. The number of allylic oxidation sites excluding steroid dienone is 3. The minimum Gasteiger partial charge on any atom is -0.491 e. The minimum absolute atomic E-state index is 0.158. The standard InChI is InChI=1S/C15H17NO4/c1-8-11(14(17)18)12(16-20-8)10-6-4-5-9-7-15(2,3)19-13(9)10/h4-5,10H,6-7H2,1-3H3,(H,17,18). The molecule has 5 heteroatoms.